The number of benzene rings is 2. The third-order valence-corrected chi connectivity index (χ3v) is 6.00. The van der Waals surface area contributed by atoms with Crippen LogP contribution in [0.4, 0.5) is 5.69 Å². The zero-order valence-electron chi connectivity index (χ0n) is 19.1. The van der Waals surface area contributed by atoms with Gasteiger partial charge in [0.1, 0.15) is 34.4 Å². The first-order valence-corrected chi connectivity index (χ1v) is 11.3. The number of ether oxygens (including phenoxy) is 2. The zero-order valence-corrected chi connectivity index (χ0v) is 20.6. The number of aromatic nitrogens is 2. The number of carbonyl (C=O) groups excluding carboxylic acids is 1. The average molecular weight is 521 g/mol. The number of fused-ring (bicyclic) bond motifs is 1. The molecule has 1 amide bonds. The zero-order chi connectivity index (χ0) is 25.8. The Morgan fingerprint density at radius 2 is 1.83 bits per heavy atom. The number of nitriles is 1. The van der Waals surface area contributed by atoms with Crippen LogP contribution in [0.15, 0.2) is 71.2 Å². The Bertz CT molecular complexity index is 1610. The van der Waals surface area contributed by atoms with Crippen molar-refractivity contribution in [2.45, 2.75) is 6.92 Å². The predicted octanol–water partition coefficient (Wildman–Crippen LogP) is 5.66. The highest BCUT2D eigenvalue weighted by molar-refractivity contribution is 6.44. The molecule has 10 heteroatoms. The van der Waals surface area contributed by atoms with E-state index in [1.165, 1.54) is 10.5 Å². The Hall–Kier alpha value is -4.32. The van der Waals surface area contributed by atoms with Crippen LogP contribution < -0.4 is 20.3 Å². The van der Waals surface area contributed by atoms with E-state index in [1.54, 1.807) is 68.8 Å². The third kappa shape index (κ3) is 5.03. The number of amides is 1. The quantitative estimate of drug-likeness (QED) is 0.260. The number of methoxy groups -OCH3 is 1. The van der Waals surface area contributed by atoms with Crippen LogP contribution >= 0.6 is 23.2 Å². The van der Waals surface area contributed by atoms with Gasteiger partial charge in [-0.3, -0.25) is 14.0 Å². The molecule has 2 aromatic carbocycles. The smallest absolute Gasteiger partial charge is 0.269 e. The molecule has 2 aromatic heterocycles. The minimum atomic E-state index is -0.786. The average Bonchev–Trinajstić information content (AvgIpc) is 2.88. The molecule has 4 aromatic rings. The van der Waals surface area contributed by atoms with Crippen molar-refractivity contribution in [2.24, 2.45) is 0 Å². The number of anilines is 1. The Kier molecular flexibility index (Phi) is 7.25. The van der Waals surface area contributed by atoms with Crippen molar-refractivity contribution in [3.63, 3.8) is 0 Å². The summed E-state index contributed by atoms with van der Waals surface area (Å²) in [5.74, 6) is 0.142. The van der Waals surface area contributed by atoms with E-state index in [1.807, 2.05) is 6.07 Å². The molecule has 0 fully saturated rings. The second kappa shape index (κ2) is 10.5. The van der Waals surface area contributed by atoms with Crippen molar-refractivity contribution in [1.82, 2.24) is 9.38 Å². The van der Waals surface area contributed by atoms with Gasteiger partial charge >= 0.3 is 0 Å². The number of pyridine rings is 1. The lowest BCUT2D eigenvalue weighted by Gasteiger charge is -2.12. The summed E-state index contributed by atoms with van der Waals surface area (Å²) in [6.07, 6.45) is 2.68. The molecule has 1 N–H and O–H groups in total. The predicted molar refractivity (Wildman–Crippen MR) is 138 cm³/mol. The lowest BCUT2D eigenvalue weighted by Crippen LogP contribution is -2.20. The summed E-state index contributed by atoms with van der Waals surface area (Å²) in [6.45, 7) is 1.80. The first kappa shape index (κ1) is 24.8. The van der Waals surface area contributed by atoms with Crippen LogP contribution in [-0.4, -0.2) is 22.4 Å². The first-order valence-electron chi connectivity index (χ1n) is 10.5. The molecule has 0 aliphatic heterocycles. The van der Waals surface area contributed by atoms with Crippen molar-refractivity contribution in [1.29, 1.82) is 5.26 Å². The molecule has 0 aliphatic rings. The second-order valence-electron chi connectivity index (χ2n) is 7.52. The maximum absolute atomic E-state index is 13.4. The fourth-order valence-corrected chi connectivity index (χ4v) is 3.68. The van der Waals surface area contributed by atoms with Crippen LogP contribution in [0.5, 0.6) is 17.4 Å². The van der Waals surface area contributed by atoms with Gasteiger partial charge < -0.3 is 14.8 Å². The highest BCUT2D eigenvalue weighted by atomic mass is 35.5. The SMILES string of the molecule is COc1ccc(Oc2nc3c(C)cccn3c(=O)c2/C=C(/C#N)C(=O)Nc2cccc(Cl)c2Cl)cc1. The van der Waals surface area contributed by atoms with Crippen LogP contribution in [0.25, 0.3) is 11.7 Å². The second-order valence-corrected chi connectivity index (χ2v) is 8.31. The summed E-state index contributed by atoms with van der Waals surface area (Å²) in [5, 5.41) is 12.6. The number of nitrogens with one attached hydrogen (secondary N) is 1. The highest BCUT2D eigenvalue weighted by Crippen LogP contribution is 2.30. The molecule has 0 bridgehead atoms. The summed E-state index contributed by atoms with van der Waals surface area (Å²) in [6, 6.07) is 16.7. The summed E-state index contributed by atoms with van der Waals surface area (Å²) in [7, 11) is 1.54. The fourth-order valence-electron chi connectivity index (χ4n) is 3.33. The Morgan fingerprint density at radius 3 is 2.53 bits per heavy atom. The number of rotatable bonds is 6. The van der Waals surface area contributed by atoms with Gasteiger partial charge in [-0.25, -0.2) is 0 Å². The van der Waals surface area contributed by atoms with Gasteiger partial charge in [-0.15, -0.1) is 0 Å². The van der Waals surface area contributed by atoms with Gasteiger partial charge in [-0.1, -0.05) is 35.3 Å². The Labute approximate surface area is 215 Å². The Balaban J connectivity index is 1.82. The molecule has 0 saturated heterocycles. The van der Waals surface area contributed by atoms with Gasteiger partial charge in [0.25, 0.3) is 11.5 Å². The van der Waals surface area contributed by atoms with Crippen molar-refractivity contribution < 1.29 is 14.3 Å². The standard InChI is InChI=1S/C26H18Cl2N4O4/c1-15-5-4-12-32-23(15)31-25(36-18-10-8-17(35-2)9-11-18)19(26(32)34)13-16(14-29)24(33)30-21-7-3-6-20(27)22(21)28/h3-13H,1-2H3,(H,30,33)/b16-13-. The van der Waals surface area contributed by atoms with Gasteiger partial charge in [0.05, 0.1) is 22.8 Å². The number of hydrogen-bond acceptors (Lipinski definition) is 6. The topological polar surface area (TPSA) is 106 Å². The van der Waals surface area contributed by atoms with E-state index in [9.17, 15) is 14.9 Å². The number of nitrogens with zero attached hydrogens (tertiary/aromatic N) is 3. The monoisotopic (exact) mass is 520 g/mol. The van der Waals surface area contributed by atoms with Gasteiger partial charge in [0.15, 0.2) is 0 Å². The van der Waals surface area contributed by atoms with E-state index < -0.39 is 11.5 Å². The van der Waals surface area contributed by atoms with E-state index in [0.717, 1.165) is 11.6 Å². The lowest BCUT2D eigenvalue weighted by atomic mass is 10.1. The largest absolute Gasteiger partial charge is 0.497 e. The molecular weight excluding hydrogens is 503 g/mol. The highest BCUT2D eigenvalue weighted by Gasteiger charge is 2.19. The molecule has 8 nitrogen and oxygen atoms in total. The van der Waals surface area contributed by atoms with E-state index in [-0.39, 0.29) is 32.7 Å². The van der Waals surface area contributed by atoms with Crippen molar-refractivity contribution in [3.8, 4) is 23.4 Å². The molecule has 36 heavy (non-hydrogen) atoms. The molecule has 0 aliphatic carbocycles. The van der Waals surface area contributed by atoms with Crippen LogP contribution in [-0.2, 0) is 4.79 Å². The molecule has 0 radical (unpaired) electrons. The van der Waals surface area contributed by atoms with Crippen LogP contribution in [0.3, 0.4) is 0 Å². The van der Waals surface area contributed by atoms with Crippen LogP contribution in [0.1, 0.15) is 11.1 Å². The first-order chi connectivity index (χ1) is 17.3. The van der Waals surface area contributed by atoms with Gasteiger partial charge in [-0.05, 0) is 61.0 Å². The number of hydrogen-bond donors (Lipinski definition) is 1. The van der Waals surface area contributed by atoms with Crippen molar-refractivity contribution >= 4 is 46.5 Å². The summed E-state index contributed by atoms with van der Waals surface area (Å²) >= 11 is 12.2. The van der Waals surface area contributed by atoms with E-state index in [4.69, 9.17) is 32.7 Å². The minimum absolute atomic E-state index is 0.0687. The van der Waals surface area contributed by atoms with Crippen molar-refractivity contribution in [2.75, 3.05) is 12.4 Å². The molecule has 0 saturated carbocycles. The number of halogens is 2. The molecule has 0 atom stereocenters. The summed E-state index contributed by atoms with van der Waals surface area (Å²) < 4.78 is 12.4. The summed E-state index contributed by atoms with van der Waals surface area (Å²) in [4.78, 5) is 30.8. The molecule has 0 spiro atoms. The maximum Gasteiger partial charge on any atom is 0.269 e. The van der Waals surface area contributed by atoms with E-state index in [0.29, 0.717) is 17.1 Å². The molecule has 2 heterocycles. The molecule has 4 rings (SSSR count). The summed E-state index contributed by atoms with van der Waals surface area (Å²) in [5.41, 5.74) is 0.355. The third-order valence-electron chi connectivity index (χ3n) is 5.18. The normalized spacial score (nSPS) is 11.1. The number of carbonyl (C=O) groups is 1. The lowest BCUT2D eigenvalue weighted by molar-refractivity contribution is -0.112. The minimum Gasteiger partial charge on any atom is -0.497 e. The van der Waals surface area contributed by atoms with E-state index in [2.05, 4.69) is 10.3 Å². The van der Waals surface area contributed by atoms with Crippen LogP contribution in [0, 0.1) is 18.3 Å². The maximum atomic E-state index is 13.4. The molecule has 0 unspecified atom stereocenters. The van der Waals surface area contributed by atoms with Crippen LogP contribution in [0.2, 0.25) is 10.0 Å². The van der Waals surface area contributed by atoms with E-state index >= 15 is 0 Å². The van der Waals surface area contributed by atoms with Gasteiger partial charge in [0.2, 0.25) is 5.88 Å². The van der Waals surface area contributed by atoms with Gasteiger partial charge in [0, 0.05) is 6.20 Å². The molecular formula is C26H18Cl2N4O4. The van der Waals surface area contributed by atoms with Gasteiger partial charge in [-0.2, -0.15) is 10.2 Å². The fraction of sp³-hybridized carbons (Fsp3) is 0.0769. The number of aryl methyl sites for hydroxylation is 1. The molecule has 180 valence electrons. The Morgan fingerprint density at radius 1 is 1.11 bits per heavy atom. The van der Waals surface area contributed by atoms with Crippen molar-refractivity contribution in [3.05, 3.63) is 97.9 Å².